The van der Waals surface area contributed by atoms with Gasteiger partial charge in [-0.15, -0.1) is 11.3 Å². The minimum atomic E-state index is -0.868. The Bertz CT molecular complexity index is 1250. The van der Waals surface area contributed by atoms with Gasteiger partial charge in [0.2, 0.25) is 11.6 Å². The number of carbonyl (C=O) groups excluding carboxylic acids is 1. The number of aromatic nitrogens is 2. The van der Waals surface area contributed by atoms with Crippen LogP contribution in [0.25, 0.3) is 10.4 Å². The minimum absolute atomic E-state index is 0.0426. The fourth-order valence-corrected chi connectivity index (χ4v) is 5.77. The summed E-state index contributed by atoms with van der Waals surface area (Å²) in [4.78, 5) is 32.0. The van der Waals surface area contributed by atoms with Crippen LogP contribution in [0.3, 0.4) is 0 Å². The number of nitrogens with zero attached hydrogens (tertiary/aromatic N) is 4. The molecule has 2 aliphatic heterocycles. The maximum Gasteiger partial charge on any atom is 0.234 e. The Hall–Kier alpha value is -3.04. The topological polar surface area (TPSA) is 92.9 Å². The highest BCUT2D eigenvalue weighted by molar-refractivity contribution is 7.13. The Labute approximate surface area is 209 Å². The Morgan fingerprint density at radius 2 is 2.03 bits per heavy atom. The molecule has 2 aromatic heterocycles. The van der Waals surface area contributed by atoms with E-state index in [2.05, 4.69) is 27.8 Å². The summed E-state index contributed by atoms with van der Waals surface area (Å²) in [7, 11) is 0. The molecule has 1 N–H and O–H groups in total. The highest BCUT2D eigenvalue weighted by Gasteiger charge is 2.43. The number of benzene rings is 1. The third-order valence-electron chi connectivity index (χ3n) is 6.85. The second-order valence-corrected chi connectivity index (χ2v) is 10.7. The highest BCUT2D eigenvalue weighted by Crippen LogP contribution is 2.36. The van der Waals surface area contributed by atoms with E-state index in [0.29, 0.717) is 18.1 Å². The number of thiazole rings is 1. The summed E-state index contributed by atoms with van der Waals surface area (Å²) in [5.74, 6) is 1.05. The molecule has 0 spiro atoms. The monoisotopic (exact) mass is 493 g/mol. The number of amidine groups is 1. The van der Waals surface area contributed by atoms with Gasteiger partial charge >= 0.3 is 0 Å². The summed E-state index contributed by atoms with van der Waals surface area (Å²) in [5, 5.41) is 4.00. The number of nitrogens with one attached hydrogen (secondary N) is 1. The van der Waals surface area contributed by atoms with Crippen molar-refractivity contribution in [2.45, 2.75) is 65.1 Å². The average molecular weight is 494 g/mol. The number of aliphatic imine (C=N–C) groups is 1. The first-order valence-corrected chi connectivity index (χ1v) is 12.9. The molecule has 4 heterocycles. The molecule has 3 aromatic rings. The van der Waals surface area contributed by atoms with Gasteiger partial charge in [0.1, 0.15) is 17.5 Å². The molecule has 0 aliphatic carbocycles. The molecule has 35 heavy (non-hydrogen) atoms. The summed E-state index contributed by atoms with van der Waals surface area (Å²) in [6.45, 7) is 10.6. The number of hydrogen-bond donors (Lipinski definition) is 1. The first kappa shape index (κ1) is 23.7. The maximum absolute atomic E-state index is 13.7. The molecule has 0 saturated carbocycles. The van der Waals surface area contributed by atoms with Gasteiger partial charge in [-0.25, -0.2) is 20.3 Å². The maximum atomic E-state index is 13.7. The summed E-state index contributed by atoms with van der Waals surface area (Å²) in [5.41, 5.74) is 7.92. The number of likely N-dealkylation sites (tertiary alicyclic amines) is 1. The van der Waals surface area contributed by atoms with Crippen LogP contribution in [0.1, 0.15) is 62.2 Å². The fraction of sp³-hybridized carbons (Fsp3) is 0.462. The molecule has 1 fully saturated rings. The van der Waals surface area contributed by atoms with Gasteiger partial charge in [0.05, 0.1) is 27.8 Å². The Morgan fingerprint density at radius 1 is 1.26 bits per heavy atom. The standard InChI is InChI=1S/C26H31N5O3S/c1-15(2)22(21-13-16(3)29-33-21)25(32)31-12-6-7-20(31)24-28-26(5,34-30-24)19-10-8-18(9-11-19)23-17(4)27-14-35-23/h8-11,13-15,20,22H,6-7,12H2,1-5H3,(H,28,30)/t20?,22?,26-/m1/s1. The largest absolute Gasteiger partial charge is 0.360 e. The molecule has 3 atom stereocenters. The van der Waals surface area contributed by atoms with Crippen molar-refractivity contribution < 1.29 is 14.2 Å². The molecule has 0 bridgehead atoms. The molecule has 1 amide bonds. The minimum Gasteiger partial charge on any atom is -0.360 e. The number of hydroxylamine groups is 1. The van der Waals surface area contributed by atoms with Crippen molar-refractivity contribution in [1.29, 1.82) is 0 Å². The molecule has 1 saturated heterocycles. The van der Waals surface area contributed by atoms with E-state index in [-0.39, 0.29) is 23.8 Å². The van der Waals surface area contributed by atoms with E-state index in [9.17, 15) is 4.79 Å². The van der Waals surface area contributed by atoms with Crippen LogP contribution in [0.5, 0.6) is 0 Å². The number of carbonyl (C=O) groups is 1. The quantitative estimate of drug-likeness (QED) is 0.522. The number of amides is 1. The first-order chi connectivity index (χ1) is 16.8. The van der Waals surface area contributed by atoms with Crippen molar-refractivity contribution in [1.82, 2.24) is 20.5 Å². The van der Waals surface area contributed by atoms with Gasteiger partial charge in [-0.3, -0.25) is 4.79 Å². The van der Waals surface area contributed by atoms with E-state index < -0.39 is 5.72 Å². The van der Waals surface area contributed by atoms with Crippen LogP contribution < -0.4 is 5.48 Å². The number of rotatable bonds is 6. The Morgan fingerprint density at radius 3 is 2.66 bits per heavy atom. The predicted octanol–water partition coefficient (Wildman–Crippen LogP) is 4.95. The predicted molar refractivity (Wildman–Crippen MR) is 135 cm³/mol. The second-order valence-electron chi connectivity index (χ2n) is 9.81. The molecule has 5 rings (SSSR count). The molecule has 8 nitrogen and oxygen atoms in total. The summed E-state index contributed by atoms with van der Waals surface area (Å²) in [6.07, 6.45) is 1.75. The summed E-state index contributed by atoms with van der Waals surface area (Å²) >= 11 is 1.63. The smallest absolute Gasteiger partial charge is 0.234 e. The van der Waals surface area contributed by atoms with E-state index in [1.165, 1.54) is 0 Å². The van der Waals surface area contributed by atoms with Crippen LogP contribution in [-0.4, -0.2) is 39.4 Å². The van der Waals surface area contributed by atoms with Crippen LogP contribution in [0.15, 0.2) is 45.4 Å². The summed E-state index contributed by atoms with van der Waals surface area (Å²) < 4.78 is 5.49. The Kier molecular flexibility index (Phi) is 6.23. The van der Waals surface area contributed by atoms with Crippen molar-refractivity contribution in [3.8, 4) is 10.4 Å². The van der Waals surface area contributed by atoms with Crippen molar-refractivity contribution in [3.05, 3.63) is 58.6 Å². The zero-order chi connectivity index (χ0) is 24.7. The third kappa shape index (κ3) is 4.38. The molecular formula is C26H31N5O3S. The molecular weight excluding hydrogens is 462 g/mol. The van der Waals surface area contributed by atoms with Crippen molar-refractivity contribution in [2.75, 3.05) is 6.54 Å². The molecule has 2 aliphatic rings. The van der Waals surface area contributed by atoms with Crippen LogP contribution >= 0.6 is 11.3 Å². The molecule has 184 valence electrons. The van der Waals surface area contributed by atoms with E-state index in [0.717, 1.165) is 40.2 Å². The van der Waals surface area contributed by atoms with Gasteiger partial charge in [0, 0.05) is 18.2 Å². The van der Waals surface area contributed by atoms with E-state index >= 15 is 0 Å². The highest BCUT2D eigenvalue weighted by atomic mass is 32.1. The molecule has 0 radical (unpaired) electrons. The van der Waals surface area contributed by atoms with Gasteiger partial charge in [-0.1, -0.05) is 43.3 Å². The average Bonchev–Trinajstić information content (AvgIpc) is 3.62. The zero-order valence-electron chi connectivity index (χ0n) is 20.7. The molecule has 9 heteroatoms. The lowest BCUT2D eigenvalue weighted by molar-refractivity contribution is -0.134. The normalized spacial score (nSPS) is 23.0. The van der Waals surface area contributed by atoms with Gasteiger partial charge in [0.15, 0.2) is 0 Å². The van der Waals surface area contributed by atoms with Gasteiger partial charge < -0.3 is 9.42 Å². The number of hydrogen-bond acceptors (Lipinski definition) is 8. The van der Waals surface area contributed by atoms with Crippen molar-refractivity contribution >= 4 is 23.1 Å². The van der Waals surface area contributed by atoms with Gasteiger partial charge in [-0.2, -0.15) is 0 Å². The first-order valence-electron chi connectivity index (χ1n) is 12.1. The van der Waals surface area contributed by atoms with Crippen LogP contribution in [0, 0.1) is 19.8 Å². The van der Waals surface area contributed by atoms with Gasteiger partial charge in [-0.05, 0) is 45.1 Å². The SMILES string of the molecule is Cc1cc(C(C(=O)N2CCCC2C2=N[C@@](C)(c3ccc(-c4scnc4C)cc3)ON2)C(C)C)on1. The second kappa shape index (κ2) is 9.20. The van der Waals surface area contributed by atoms with Gasteiger partial charge in [0.25, 0.3) is 0 Å². The van der Waals surface area contributed by atoms with Crippen molar-refractivity contribution in [2.24, 2.45) is 10.9 Å². The van der Waals surface area contributed by atoms with E-state index in [1.54, 1.807) is 11.3 Å². The number of aryl methyl sites for hydroxylation is 2. The lowest BCUT2D eigenvalue weighted by atomic mass is 9.91. The lowest BCUT2D eigenvalue weighted by Crippen LogP contribution is -2.46. The lowest BCUT2D eigenvalue weighted by Gasteiger charge is -2.29. The molecule has 2 unspecified atom stereocenters. The van der Waals surface area contributed by atoms with Crippen LogP contribution in [0.2, 0.25) is 0 Å². The Balaban J connectivity index is 1.37. The zero-order valence-corrected chi connectivity index (χ0v) is 21.6. The van der Waals surface area contributed by atoms with Crippen molar-refractivity contribution in [3.63, 3.8) is 0 Å². The summed E-state index contributed by atoms with van der Waals surface area (Å²) in [6, 6.07) is 9.94. The van der Waals surface area contributed by atoms with Crippen LogP contribution in [0.4, 0.5) is 0 Å². The molecule has 1 aromatic carbocycles. The van der Waals surface area contributed by atoms with Crippen LogP contribution in [-0.2, 0) is 15.4 Å². The van der Waals surface area contributed by atoms with E-state index in [1.807, 2.05) is 63.2 Å². The van der Waals surface area contributed by atoms with E-state index in [4.69, 9.17) is 14.4 Å². The third-order valence-corrected chi connectivity index (χ3v) is 7.83. The fourth-order valence-electron chi connectivity index (χ4n) is 4.96.